The number of hydrogen-bond donors (Lipinski definition) is 0. The van der Waals surface area contributed by atoms with Crippen LogP contribution in [0.15, 0.2) is 29.2 Å². The number of hydrogen-bond acceptors (Lipinski definition) is 4. The number of piperidine rings is 1. The second-order valence-electron chi connectivity index (χ2n) is 6.81. The largest absolute Gasteiger partial charge is 0.309 e. The molecule has 23 heavy (non-hydrogen) atoms. The molecular weight excluding hydrogens is 308 g/mol. The number of nitrogens with zero attached hydrogens (tertiary/aromatic N) is 4. The third-order valence-corrected chi connectivity index (χ3v) is 5.89. The molecule has 1 spiro atoms. The SMILES string of the molecule is Cn1cc(N2CC[C@@]3(CCCN(Cc4ccsc4)C3)C2=O)cn1. The number of rotatable bonds is 3. The maximum absolute atomic E-state index is 13.1. The van der Waals surface area contributed by atoms with E-state index in [1.807, 2.05) is 18.1 Å². The third kappa shape index (κ3) is 2.70. The van der Waals surface area contributed by atoms with E-state index in [9.17, 15) is 4.79 Å². The molecular formula is C17H22N4OS. The van der Waals surface area contributed by atoms with Gasteiger partial charge in [-0.2, -0.15) is 16.4 Å². The fraction of sp³-hybridized carbons (Fsp3) is 0.529. The highest BCUT2D eigenvalue weighted by Gasteiger charge is 2.49. The summed E-state index contributed by atoms with van der Waals surface area (Å²) in [7, 11) is 1.89. The minimum atomic E-state index is -0.190. The van der Waals surface area contributed by atoms with E-state index in [0.29, 0.717) is 5.91 Å². The van der Waals surface area contributed by atoms with Crippen LogP contribution < -0.4 is 4.90 Å². The first-order valence-electron chi connectivity index (χ1n) is 8.20. The smallest absolute Gasteiger partial charge is 0.234 e. The minimum Gasteiger partial charge on any atom is -0.309 e. The molecule has 2 aromatic rings. The molecule has 4 rings (SSSR count). The zero-order chi connectivity index (χ0) is 15.9. The van der Waals surface area contributed by atoms with Gasteiger partial charge in [-0.1, -0.05) is 0 Å². The quantitative estimate of drug-likeness (QED) is 0.868. The molecule has 0 N–H and O–H groups in total. The fourth-order valence-corrected chi connectivity index (χ4v) is 4.66. The maximum Gasteiger partial charge on any atom is 0.234 e. The normalized spacial score (nSPS) is 25.6. The minimum absolute atomic E-state index is 0.190. The molecule has 6 heteroatoms. The van der Waals surface area contributed by atoms with Gasteiger partial charge in [0.05, 0.1) is 17.3 Å². The van der Waals surface area contributed by atoms with Gasteiger partial charge >= 0.3 is 0 Å². The zero-order valence-electron chi connectivity index (χ0n) is 13.4. The molecule has 0 aliphatic carbocycles. The molecule has 1 amide bonds. The molecule has 2 aromatic heterocycles. The summed E-state index contributed by atoms with van der Waals surface area (Å²) in [5.41, 5.74) is 2.11. The van der Waals surface area contributed by atoms with Crippen LogP contribution in [-0.2, 0) is 18.4 Å². The van der Waals surface area contributed by atoms with Crippen molar-refractivity contribution in [1.29, 1.82) is 0 Å². The molecule has 5 nitrogen and oxygen atoms in total. The van der Waals surface area contributed by atoms with E-state index >= 15 is 0 Å². The van der Waals surface area contributed by atoms with Crippen molar-refractivity contribution in [2.75, 3.05) is 24.5 Å². The van der Waals surface area contributed by atoms with Crippen LogP contribution in [0.3, 0.4) is 0 Å². The number of aromatic nitrogens is 2. The second-order valence-corrected chi connectivity index (χ2v) is 7.59. The first-order chi connectivity index (χ1) is 11.2. The molecule has 2 aliphatic heterocycles. The van der Waals surface area contributed by atoms with E-state index in [1.165, 1.54) is 5.56 Å². The molecule has 0 bridgehead atoms. The molecule has 0 aromatic carbocycles. The van der Waals surface area contributed by atoms with Crippen LogP contribution in [0.5, 0.6) is 0 Å². The number of thiophene rings is 1. The van der Waals surface area contributed by atoms with E-state index in [2.05, 4.69) is 26.8 Å². The average Bonchev–Trinajstić information content (AvgIpc) is 3.24. The van der Waals surface area contributed by atoms with E-state index < -0.39 is 0 Å². The van der Waals surface area contributed by atoms with E-state index in [0.717, 1.165) is 51.1 Å². The van der Waals surface area contributed by atoms with Gasteiger partial charge < -0.3 is 4.90 Å². The number of amides is 1. The maximum atomic E-state index is 13.1. The Morgan fingerprint density at radius 3 is 3.00 bits per heavy atom. The summed E-state index contributed by atoms with van der Waals surface area (Å²) in [6, 6.07) is 2.18. The number of anilines is 1. The highest BCUT2D eigenvalue weighted by atomic mass is 32.1. The number of aryl methyl sites for hydroxylation is 1. The predicted octanol–water partition coefficient (Wildman–Crippen LogP) is 2.50. The van der Waals surface area contributed by atoms with Crippen LogP contribution in [0.25, 0.3) is 0 Å². The topological polar surface area (TPSA) is 41.4 Å². The Balaban J connectivity index is 1.50. The molecule has 2 aliphatic rings. The molecule has 2 saturated heterocycles. The summed E-state index contributed by atoms with van der Waals surface area (Å²) >= 11 is 1.74. The van der Waals surface area contributed by atoms with Crippen molar-refractivity contribution < 1.29 is 4.79 Å². The van der Waals surface area contributed by atoms with Gasteiger partial charge in [-0.25, -0.2) is 0 Å². The molecule has 0 radical (unpaired) electrons. The zero-order valence-corrected chi connectivity index (χ0v) is 14.3. The molecule has 0 saturated carbocycles. The Morgan fingerprint density at radius 2 is 2.26 bits per heavy atom. The van der Waals surface area contributed by atoms with Gasteiger partial charge in [0.2, 0.25) is 5.91 Å². The summed E-state index contributed by atoms with van der Waals surface area (Å²) in [6.45, 7) is 3.76. The number of carbonyl (C=O) groups excluding carboxylic acids is 1. The van der Waals surface area contributed by atoms with E-state index in [1.54, 1.807) is 22.2 Å². The van der Waals surface area contributed by atoms with Crippen LogP contribution >= 0.6 is 11.3 Å². The van der Waals surface area contributed by atoms with Crippen molar-refractivity contribution in [2.24, 2.45) is 12.5 Å². The molecule has 4 heterocycles. The Labute approximate surface area is 140 Å². The van der Waals surface area contributed by atoms with Gasteiger partial charge in [0.25, 0.3) is 0 Å². The predicted molar refractivity (Wildman–Crippen MR) is 91.4 cm³/mol. The lowest BCUT2D eigenvalue weighted by Gasteiger charge is -2.38. The summed E-state index contributed by atoms with van der Waals surface area (Å²) < 4.78 is 1.76. The van der Waals surface area contributed by atoms with Crippen LogP contribution in [0.1, 0.15) is 24.8 Å². The van der Waals surface area contributed by atoms with Gasteiger partial charge in [-0.3, -0.25) is 14.4 Å². The Kier molecular flexibility index (Phi) is 3.73. The van der Waals surface area contributed by atoms with E-state index in [4.69, 9.17) is 0 Å². The van der Waals surface area contributed by atoms with Crippen LogP contribution in [-0.4, -0.2) is 40.2 Å². The molecule has 122 valence electrons. The van der Waals surface area contributed by atoms with Gasteiger partial charge in [0.15, 0.2) is 0 Å². The lowest BCUT2D eigenvalue weighted by atomic mass is 9.78. The first-order valence-corrected chi connectivity index (χ1v) is 9.15. The van der Waals surface area contributed by atoms with Crippen LogP contribution in [0.4, 0.5) is 5.69 Å². The van der Waals surface area contributed by atoms with Crippen LogP contribution in [0, 0.1) is 5.41 Å². The van der Waals surface area contributed by atoms with Crippen molar-refractivity contribution in [2.45, 2.75) is 25.8 Å². The van der Waals surface area contributed by atoms with Crippen molar-refractivity contribution in [3.05, 3.63) is 34.8 Å². The van der Waals surface area contributed by atoms with Crippen molar-refractivity contribution in [3.8, 4) is 0 Å². The first kappa shape index (κ1) is 14.9. The standard InChI is InChI=1S/C17H22N4OS/c1-19-11-15(9-18-19)21-7-5-17(16(21)22)4-2-6-20(13-17)10-14-3-8-23-12-14/h3,8-9,11-12H,2,4-7,10,13H2,1H3/t17-/m1/s1. The van der Waals surface area contributed by atoms with Crippen molar-refractivity contribution >= 4 is 22.9 Å². The summed E-state index contributed by atoms with van der Waals surface area (Å²) in [5.74, 6) is 0.292. The molecule has 2 fully saturated rings. The number of carbonyl (C=O) groups is 1. The van der Waals surface area contributed by atoms with Gasteiger partial charge in [0.1, 0.15) is 0 Å². The molecule has 1 atom stereocenters. The van der Waals surface area contributed by atoms with Crippen LogP contribution in [0.2, 0.25) is 0 Å². The monoisotopic (exact) mass is 330 g/mol. The average molecular weight is 330 g/mol. The Morgan fingerprint density at radius 1 is 1.35 bits per heavy atom. The van der Waals surface area contributed by atoms with E-state index in [-0.39, 0.29) is 5.41 Å². The van der Waals surface area contributed by atoms with Crippen molar-refractivity contribution in [1.82, 2.24) is 14.7 Å². The van der Waals surface area contributed by atoms with Gasteiger partial charge in [-0.15, -0.1) is 0 Å². The summed E-state index contributed by atoms with van der Waals surface area (Å²) in [6.07, 6.45) is 6.81. The van der Waals surface area contributed by atoms with Gasteiger partial charge in [-0.05, 0) is 48.2 Å². The highest BCUT2D eigenvalue weighted by molar-refractivity contribution is 7.07. The Hall–Kier alpha value is -1.66. The van der Waals surface area contributed by atoms with Crippen molar-refractivity contribution in [3.63, 3.8) is 0 Å². The van der Waals surface area contributed by atoms with Gasteiger partial charge in [0, 0.05) is 32.9 Å². The third-order valence-electron chi connectivity index (χ3n) is 5.16. The lowest BCUT2D eigenvalue weighted by Crippen LogP contribution is -2.47. The molecule has 0 unspecified atom stereocenters. The summed E-state index contributed by atoms with van der Waals surface area (Å²) in [4.78, 5) is 17.5. The second kappa shape index (κ2) is 5.76. The summed E-state index contributed by atoms with van der Waals surface area (Å²) in [5, 5.41) is 8.54. The fourth-order valence-electron chi connectivity index (χ4n) is 4.00. The Bertz CT molecular complexity index is 695. The lowest BCUT2D eigenvalue weighted by molar-refractivity contribution is -0.128. The number of likely N-dealkylation sites (tertiary alicyclic amines) is 1. The highest BCUT2D eigenvalue weighted by Crippen LogP contribution is 2.42.